The third kappa shape index (κ3) is 5.93. The highest BCUT2D eigenvalue weighted by Crippen LogP contribution is 2.33. The molecular formula is C13H24IN3O5S. The number of halogens is 1. The van der Waals surface area contributed by atoms with E-state index in [1.807, 2.05) is 48.9 Å². The van der Waals surface area contributed by atoms with Crippen LogP contribution in [0.3, 0.4) is 0 Å². The summed E-state index contributed by atoms with van der Waals surface area (Å²) in [6.07, 6.45) is 2.29. The van der Waals surface area contributed by atoms with Gasteiger partial charge in [-0.2, -0.15) is 0 Å². The molecule has 0 aromatic rings. The van der Waals surface area contributed by atoms with Crippen LogP contribution in [0, 0.1) is 15.5 Å². The fourth-order valence-corrected chi connectivity index (χ4v) is 2.89. The summed E-state index contributed by atoms with van der Waals surface area (Å²) >= 11 is 2.04. The monoisotopic (exact) mass is 461 g/mol. The van der Waals surface area contributed by atoms with Crippen LogP contribution in [0.1, 0.15) is 27.7 Å². The Balaban J connectivity index is 0.00000127. The second-order valence-corrected chi connectivity index (χ2v) is 7.06. The zero-order chi connectivity index (χ0) is 17.5. The largest absolute Gasteiger partial charge is 0.365 e. The second-order valence-electron chi connectivity index (χ2n) is 5.62. The van der Waals surface area contributed by atoms with Crippen LogP contribution in [0.4, 0.5) is 0 Å². The molecule has 1 fully saturated rings. The molecule has 0 radical (unpaired) electrons. The summed E-state index contributed by atoms with van der Waals surface area (Å²) in [6.45, 7) is 9.35. The number of nitrogens with one attached hydrogen (secondary N) is 1. The van der Waals surface area contributed by atoms with Gasteiger partial charge in [-0.25, -0.2) is 0 Å². The fraction of sp³-hybridized carbons (Fsp3) is 0.846. The minimum absolute atomic E-state index is 0.365. The Bertz CT molecular complexity index is 414. The second kappa shape index (κ2) is 9.25. The van der Waals surface area contributed by atoms with Crippen molar-refractivity contribution in [3.8, 4) is 0 Å². The van der Waals surface area contributed by atoms with Gasteiger partial charge in [0.15, 0.2) is 5.79 Å². The first-order valence-corrected chi connectivity index (χ1v) is 10.7. The topological polar surface area (TPSA) is 86.1 Å². The average molecular weight is 461 g/mol. The third-order valence-electron chi connectivity index (χ3n) is 3.40. The molecule has 1 unspecified atom stereocenters. The summed E-state index contributed by atoms with van der Waals surface area (Å²) in [7, 11) is 1.23. The van der Waals surface area contributed by atoms with Gasteiger partial charge in [0, 0.05) is 40.2 Å². The molecule has 0 spiro atoms. The van der Waals surface area contributed by atoms with Crippen LogP contribution in [0.15, 0.2) is 12.4 Å². The standard InChI is InChI=1S/C11H18IN3O5S.C2H6/c1-10(2)18-6-11(7-19-10,8-20-21-12)5-14-4-3-13-9(14)15(16)17;1-2/h3-4,9,13H,5-8H2,1-2H3;1-2H3. The van der Waals surface area contributed by atoms with E-state index in [4.69, 9.17) is 13.7 Å². The molecule has 8 nitrogen and oxygen atoms in total. The van der Waals surface area contributed by atoms with Gasteiger partial charge in [0.1, 0.15) is 0 Å². The molecule has 0 bridgehead atoms. The van der Waals surface area contributed by atoms with Crippen molar-refractivity contribution in [2.75, 3.05) is 26.4 Å². The molecule has 2 rings (SSSR count). The maximum Gasteiger partial charge on any atom is 0.365 e. The molecule has 1 N–H and O–H groups in total. The highest BCUT2D eigenvalue weighted by Gasteiger charge is 2.44. The van der Waals surface area contributed by atoms with Gasteiger partial charge in [0.05, 0.1) is 39.4 Å². The van der Waals surface area contributed by atoms with Gasteiger partial charge in [-0.05, 0) is 13.8 Å². The minimum Gasteiger partial charge on any atom is -0.350 e. The van der Waals surface area contributed by atoms with Crippen LogP contribution >= 0.6 is 30.4 Å². The maximum atomic E-state index is 11.0. The van der Waals surface area contributed by atoms with Crippen LogP contribution in [0.2, 0.25) is 0 Å². The summed E-state index contributed by atoms with van der Waals surface area (Å²) in [4.78, 5) is 12.3. The Morgan fingerprint density at radius 3 is 2.61 bits per heavy atom. The molecular weight excluding hydrogens is 437 g/mol. The Hall–Kier alpha value is -0.300. The first kappa shape index (κ1) is 20.7. The number of rotatable bonds is 6. The molecule has 0 aromatic carbocycles. The van der Waals surface area contributed by atoms with E-state index in [9.17, 15) is 10.1 Å². The quantitative estimate of drug-likeness (QED) is 0.280. The van der Waals surface area contributed by atoms with E-state index < -0.39 is 17.5 Å². The van der Waals surface area contributed by atoms with Crippen LogP contribution < -0.4 is 5.32 Å². The lowest BCUT2D eigenvalue weighted by atomic mass is 9.89. The highest BCUT2D eigenvalue weighted by atomic mass is 127. The van der Waals surface area contributed by atoms with E-state index in [1.165, 1.54) is 9.21 Å². The fourth-order valence-electron chi connectivity index (χ4n) is 2.22. The normalized spacial score (nSPS) is 24.6. The molecule has 0 amide bonds. The zero-order valence-electron chi connectivity index (χ0n) is 13.8. The Morgan fingerprint density at radius 2 is 2.09 bits per heavy atom. The van der Waals surface area contributed by atoms with E-state index in [0.29, 0.717) is 26.4 Å². The van der Waals surface area contributed by atoms with E-state index >= 15 is 0 Å². The predicted molar refractivity (Wildman–Crippen MR) is 97.1 cm³/mol. The van der Waals surface area contributed by atoms with Crippen LogP contribution in [-0.4, -0.2) is 48.3 Å². The number of hydrogen-bond acceptors (Lipinski definition) is 8. The van der Waals surface area contributed by atoms with Crippen LogP contribution in [-0.2, 0) is 13.7 Å². The van der Waals surface area contributed by atoms with E-state index in [-0.39, 0.29) is 4.92 Å². The molecule has 0 aliphatic carbocycles. The smallest absolute Gasteiger partial charge is 0.350 e. The van der Waals surface area contributed by atoms with Crippen molar-refractivity contribution in [3.63, 3.8) is 0 Å². The zero-order valence-corrected chi connectivity index (χ0v) is 16.8. The lowest BCUT2D eigenvalue weighted by Gasteiger charge is -2.44. The van der Waals surface area contributed by atoms with Crippen molar-refractivity contribution in [1.29, 1.82) is 0 Å². The molecule has 1 saturated heterocycles. The molecule has 2 heterocycles. The molecule has 1 atom stereocenters. The van der Waals surface area contributed by atoms with Gasteiger partial charge in [-0.15, -0.1) is 0 Å². The van der Waals surface area contributed by atoms with Crippen LogP contribution in [0.5, 0.6) is 0 Å². The van der Waals surface area contributed by atoms with Gasteiger partial charge in [-0.1, -0.05) is 13.8 Å². The number of hydrogen-bond donors (Lipinski definition) is 1. The first-order chi connectivity index (χ1) is 10.9. The minimum atomic E-state index is -0.955. The SMILES string of the molecule is CC.CC1(C)OCC(COSI)(CN2C=CNC2[N+](=O)[O-])CO1. The molecule has 134 valence electrons. The lowest BCUT2D eigenvalue weighted by molar-refractivity contribution is -0.551. The summed E-state index contributed by atoms with van der Waals surface area (Å²) in [5, 5.41) is 13.7. The Kier molecular flexibility index (Phi) is 8.35. The molecule has 23 heavy (non-hydrogen) atoms. The highest BCUT2D eigenvalue weighted by molar-refractivity contribution is 14.2. The Labute approximate surface area is 153 Å². The summed E-state index contributed by atoms with van der Waals surface area (Å²) in [5.74, 6) is -0.636. The summed E-state index contributed by atoms with van der Waals surface area (Å²) < 4.78 is 16.9. The predicted octanol–water partition coefficient (Wildman–Crippen LogP) is 2.73. The average Bonchev–Trinajstić information content (AvgIpc) is 2.98. The number of ether oxygens (including phenoxy) is 2. The van der Waals surface area contributed by atoms with Gasteiger partial charge < -0.3 is 19.0 Å². The van der Waals surface area contributed by atoms with Crippen molar-refractivity contribution in [2.45, 2.75) is 39.8 Å². The van der Waals surface area contributed by atoms with E-state index in [0.717, 1.165) is 0 Å². The van der Waals surface area contributed by atoms with Crippen molar-refractivity contribution >= 4 is 30.4 Å². The van der Waals surface area contributed by atoms with Gasteiger partial charge in [0.25, 0.3) is 0 Å². The molecule has 2 aliphatic rings. The van der Waals surface area contributed by atoms with Gasteiger partial charge >= 0.3 is 6.29 Å². The molecule has 0 aromatic heterocycles. The molecule has 0 saturated carbocycles. The third-order valence-corrected chi connectivity index (χ3v) is 4.37. The molecule has 10 heteroatoms. The lowest BCUT2D eigenvalue weighted by Crippen LogP contribution is -2.55. The summed E-state index contributed by atoms with van der Waals surface area (Å²) in [5.41, 5.74) is -0.446. The van der Waals surface area contributed by atoms with Crippen LogP contribution in [0.25, 0.3) is 0 Å². The Morgan fingerprint density at radius 1 is 1.48 bits per heavy atom. The number of nitrogens with zero attached hydrogens (tertiary/aromatic N) is 2. The maximum absolute atomic E-state index is 11.0. The van der Waals surface area contributed by atoms with E-state index in [2.05, 4.69) is 5.32 Å². The summed E-state index contributed by atoms with van der Waals surface area (Å²) in [6, 6.07) is 0. The van der Waals surface area contributed by atoms with Crippen molar-refractivity contribution in [1.82, 2.24) is 10.2 Å². The van der Waals surface area contributed by atoms with Gasteiger partial charge in [0.2, 0.25) is 0 Å². The molecule has 2 aliphatic heterocycles. The van der Waals surface area contributed by atoms with Crippen molar-refractivity contribution < 1.29 is 18.6 Å². The van der Waals surface area contributed by atoms with Gasteiger partial charge in [-0.3, -0.25) is 15.0 Å². The first-order valence-electron chi connectivity index (χ1n) is 7.38. The van der Waals surface area contributed by atoms with Crippen molar-refractivity contribution in [3.05, 3.63) is 22.5 Å². The van der Waals surface area contributed by atoms with E-state index in [1.54, 1.807) is 17.3 Å². The van der Waals surface area contributed by atoms with Crippen molar-refractivity contribution in [2.24, 2.45) is 5.41 Å². The number of nitro groups is 1.